The largest absolute Gasteiger partial charge is 0.378 e. The van der Waals surface area contributed by atoms with Gasteiger partial charge >= 0.3 is 0 Å². The smallest absolute Gasteiger partial charge is 0.259 e. The van der Waals surface area contributed by atoms with E-state index < -0.39 is 11.6 Å². The number of amides is 1. The SMILES string of the molecule is CCC(C)(F)C(=O)N1CCC(NSC)C(COC2CCC(c3cccc(F)c3)CC2)C1. The lowest BCUT2D eigenvalue weighted by Crippen LogP contribution is -2.55. The molecule has 31 heavy (non-hydrogen) atoms. The molecule has 1 aliphatic carbocycles. The number of likely N-dealkylation sites (tertiary alicyclic amines) is 1. The Labute approximate surface area is 189 Å². The van der Waals surface area contributed by atoms with E-state index in [1.807, 2.05) is 12.3 Å². The molecule has 0 spiro atoms. The Hall–Kier alpha value is -1.18. The number of rotatable bonds is 8. The van der Waals surface area contributed by atoms with Crippen LogP contribution in [0.5, 0.6) is 0 Å². The van der Waals surface area contributed by atoms with Crippen molar-refractivity contribution in [2.45, 2.75) is 76.1 Å². The van der Waals surface area contributed by atoms with Crippen LogP contribution in [0.2, 0.25) is 0 Å². The molecule has 1 aromatic carbocycles. The number of ether oxygens (including phenoxy) is 1. The van der Waals surface area contributed by atoms with Crippen molar-refractivity contribution in [1.82, 2.24) is 9.62 Å². The number of benzene rings is 1. The molecular formula is C24H36F2N2O2S. The van der Waals surface area contributed by atoms with Crippen LogP contribution >= 0.6 is 11.9 Å². The van der Waals surface area contributed by atoms with Gasteiger partial charge in [0.2, 0.25) is 0 Å². The Balaban J connectivity index is 1.52. The van der Waals surface area contributed by atoms with Gasteiger partial charge in [-0.15, -0.1) is 0 Å². The molecule has 3 unspecified atom stereocenters. The molecule has 1 aliphatic heterocycles. The summed E-state index contributed by atoms with van der Waals surface area (Å²) in [6, 6.07) is 7.17. The van der Waals surface area contributed by atoms with Gasteiger partial charge in [-0.3, -0.25) is 9.52 Å². The Kier molecular flexibility index (Phi) is 8.76. The number of halogens is 2. The molecule has 0 radical (unpaired) electrons. The fraction of sp³-hybridized carbons (Fsp3) is 0.708. The molecule has 2 aliphatic rings. The normalized spacial score (nSPS) is 28.9. The van der Waals surface area contributed by atoms with Gasteiger partial charge in [-0.1, -0.05) is 31.0 Å². The summed E-state index contributed by atoms with van der Waals surface area (Å²) >= 11 is 1.58. The minimum atomic E-state index is -1.81. The summed E-state index contributed by atoms with van der Waals surface area (Å²) in [5.41, 5.74) is -0.727. The van der Waals surface area contributed by atoms with Gasteiger partial charge in [0.15, 0.2) is 5.67 Å². The van der Waals surface area contributed by atoms with E-state index in [-0.39, 0.29) is 30.3 Å². The quantitative estimate of drug-likeness (QED) is 0.556. The van der Waals surface area contributed by atoms with Gasteiger partial charge in [0.05, 0.1) is 12.7 Å². The van der Waals surface area contributed by atoms with Gasteiger partial charge in [-0.25, -0.2) is 8.78 Å². The van der Waals surface area contributed by atoms with E-state index in [9.17, 15) is 13.6 Å². The summed E-state index contributed by atoms with van der Waals surface area (Å²) in [7, 11) is 0. The van der Waals surface area contributed by atoms with Gasteiger partial charge in [-0.05, 0) is 75.3 Å². The zero-order valence-corrected chi connectivity index (χ0v) is 19.7. The zero-order valence-electron chi connectivity index (χ0n) is 18.9. The van der Waals surface area contributed by atoms with Crippen LogP contribution in [0.25, 0.3) is 0 Å². The third-order valence-electron chi connectivity index (χ3n) is 6.94. The predicted octanol–water partition coefficient (Wildman–Crippen LogP) is 5.09. The van der Waals surface area contributed by atoms with Crippen LogP contribution in [0, 0.1) is 11.7 Å². The minimum Gasteiger partial charge on any atom is -0.378 e. The van der Waals surface area contributed by atoms with Crippen molar-refractivity contribution in [3.05, 3.63) is 35.6 Å². The summed E-state index contributed by atoms with van der Waals surface area (Å²) < 4.78 is 37.8. The number of carbonyl (C=O) groups excluding carboxylic acids is 1. The number of hydrogen-bond donors (Lipinski definition) is 1. The average Bonchev–Trinajstić information content (AvgIpc) is 2.78. The molecule has 3 atom stereocenters. The van der Waals surface area contributed by atoms with Gasteiger partial charge in [0.25, 0.3) is 5.91 Å². The molecule has 0 aromatic heterocycles. The Morgan fingerprint density at radius 2 is 2.03 bits per heavy atom. The highest BCUT2D eigenvalue weighted by Crippen LogP contribution is 2.35. The molecule has 1 N–H and O–H groups in total. The number of alkyl halides is 1. The van der Waals surface area contributed by atoms with Crippen molar-refractivity contribution in [2.24, 2.45) is 5.92 Å². The summed E-state index contributed by atoms with van der Waals surface area (Å²) in [4.78, 5) is 14.3. The maximum atomic E-state index is 14.6. The molecule has 1 aromatic rings. The lowest BCUT2D eigenvalue weighted by molar-refractivity contribution is -0.146. The van der Waals surface area contributed by atoms with Gasteiger partial charge in [0, 0.05) is 25.0 Å². The second kappa shape index (κ2) is 11.1. The highest BCUT2D eigenvalue weighted by Gasteiger charge is 2.39. The summed E-state index contributed by atoms with van der Waals surface area (Å²) in [5, 5.41) is 0. The van der Waals surface area contributed by atoms with Gasteiger partial charge in [-0.2, -0.15) is 0 Å². The molecule has 1 saturated carbocycles. The summed E-state index contributed by atoms with van der Waals surface area (Å²) in [5.74, 6) is -0.0514. The number of piperidine rings is 1. The van der Waals surface area contributed by atoms with Crippen LogP contribution in [0.15, 0.2) is 24.3 Å². The Morgan fingerprint density at radius 1 is 1.29 bits per heavy atom. The zero-order chi connectivity index (χ0) is 22.4. The maximum absolute atomic E-state index is 14.6. The van der Waals surface area contributed by atoms with E-state index in [0.29, 0.717) is 25.6 Å². The maximum Gasteiger partial charge on any atom is 0.259 e. The first-order chi connectivity index (χ1) is 14.8. The van der Waals surface area contributed by atoms with Crippen LogP contribution in [-0.4, -0.2) is 54.6 Å². The minimum absolute atomic E-state index is 0.138. The standard InChI is InChI=1S/C24H36F2N2O2S/c1-4-24(2,26)23(29)28-13-12-22(27-31-3)19(15-28)16-30-21-10-8-17(9-11-21)18-6-5-7-20(25)14-18/h5-7,14,17,19,21-22,27H,4,8-13,15-16H2,1-3H3. The number of carbonyl (C=O) groups is 1. The first-order valence-corrected chi connectivity index (χ1v) is 12.7. The van der Waals surface area contributed by atoms with Crippen LogP contribution < -0.4 is 4.72 Å². The van der Waals surface area contributed by atoms with Gasteiger partial charge in [0.1, 0.15) is 5.82 Å². The Bertz CT molecular complexity index is 725. The molecule has 3 rings (SSSR count). The summed E-state index contributed by atoms with van der Waals surface area (Å²) in [6.07, 6.45) is 7.06. The van der Waals surface area contributed by atoms with Crippen molar-refractivity contribution in [1.29, 1.82) is 0 Å². The van der Waals surface area contributed by atoms with E-state index in [0.717, 1.165) is 37.7 Å². The lowest BCUT2D eigenvalue weighted by Gasteiger charge is -2.41. The monoisotopic (exact) mass is 454 g/mol. The average molecular weight is 455 g/mol. The van der Waals surface area contributed by atoms with E-state index in [4.69, 9.17) is 4.74 Å². The van der Waals surface area contributed by atoms with Crippen molar-refractivity contribution in [2.75, 3.05) is 26.0 Å². The topological polar surface area (TPSA) is 41.6 Å². The third-order valence-corrected chi connectivity index (χ3v) is 7.48. The predicted molar refractivity (Wildman–Crippen MR) is 122 cm³/mol. The van der Waals surface area contributed by atoms with Crippen LogP contribution in [0.4, 0.5) is 8.78 Å². The van der Waals surface area contributed by atoms with Crippen molar-refractivity contribution < 1.29 is 18.3 Å². The van der Waals surface area contributed by atoms with Gasteiger partial charge < -0.3 is 9.64 Å². The molecule has 1 amide bonds. The van der Waals surface area contributed by atoms with E-state index in [1.54, 1.807) is 35.9 Å². The number of nitrogens with one attached hydrogen (secondary N) is 1. The summed E-state index contributed by atoms with van der Waals surface area (Å²) in [6.45, 7) is 4.75. The van der Waals surface area contributed by atoms with Crippen molar-refractivity contribution >= 4 is 17.9 Å². The number of nitrogens with zero attached hydrogens (tertiary/aromatic N) is 1. The molecule has 4 nitrogen and oxygen atoms in total. The van der Waals surface area contributed by atoms with Crippen molar-refractivity contribution in [3.63, 3.8) is 0 Å². The molecule has 1 saturated heterocycles. The molecular weight excluding hydrogens is 418 g/mol. The van der Waals surface area contributed by atoms with E-state index in [2.05, 4.69) is 4.72 Å². The molecule has 174 valence electrons. The van der Waals surface area contributed by atoms with Crippen molar-refractivity contribution in [3.8, 4) is 0 Å². The van der Waals surface area contributed by atoms with Crippen LogP contribution in [0.3, 0.4) is 0 Å². The Morgan fingerprint density at radius 3 is 2.68 bits per heavy atom. The molecule has 0 bridgehead atoms. The first kappa shape index (κ1) is 24.5. The lowest BCUT2D eigenvalue weighted by atomic mass is 9.82. The molecule has 1 heterocycles. The first-order valence-electron chi connectivity index (χ1n) is 11.5. The second-order valence-corrected chi connectivity index (χ2v) is 9.79. The highest BCUT2D eigenvalue weighted by atomic mass is 32.2. The van der Waals surface area contributed by atoms with Crippen LogP contribution in [-0.2, 0) is 9.53 Å². The van der Waals surface area contributed by atoms with E-state index >= 15 is 0 Å². The second-order valence-electron chi connectivity index (χ2n) is 9.14. The number of hydrogen-bond acceptors (Lipinski definition) is 4. The fourth-order valence-electron chi connectivity index (χ4n) is 4.76. The highest BCUT2D eigenvalue weighted by molar-refractivity contribution is 7.96. The van der Waals surface area contributed by atoms with E-state index in [1.165, 1.54) is 13.0 Å². The molecule has 7 heteroatoms. The van der Waals surface area contributed by atoms with Crippen LogP contribution in [0.1, 0.15) is 63.9 Å². The molecule has 2 fully saturated rings. The third kappa shape index (κ3) is 6.42. The fourth-order valence-corrected chi connectivity index (χ4v) is 5.37.